The van der Waals surface area contributed by atoms with Crippen LogP contribution in [0.25, 0.3) is 0 Å². The Hall–Kier alpha value is -0.910. The first-order valence-electron chi connectivity index (χ1n) is 9.40. The van der Waals surface area contributed by atoms with Crippen molar-refractivity contribution in [2.24, 2.45) is 0 Å². The Bertz CT molecular complexity index is 469. The highest BCUT2D eigenvalue weighted by atomic mass is 16.3. The largest absolute Gasteiger partial charge is 0.396 e. The van der Waals surface area contributed by atoms with Crippen LogP contribution in [0.4, 0.5) is 0 Å². The molecular formula is C18H32N4O. The monoisotopic (exact) mass is 320 g/mol. The molecule has 2 fully saturated rings. The summed E-state index contributed by atoms with van der Waals surface area (Å²) in [5.41, 5.74) is 1.31. The van der Waals surface area contributed by atoms with Crippen molar-refractivity contribution in [2.45, 2.75) is 70.6 Å². The second-order valence-corrected chi connectivity index (χ2v) is 7.14. The van der Waals surface area contributed by atoms with E-state index >= 15 is 0 Å². The Kier molecular flexibility index (Phi) is 6.08. The fraction of sp³-hybridized carbons (Fsp3) is 0.833. The molecule has 0 amide bonds. The van der Waals surface area contributed by atoms with E-state index < -0.39 is 0 Å². The van der Waals surface area contributed by atoms with E-state index in [1.165, 1.54) is 37.7 Å². The molecule has 1 N–H and O–H groups in total. The van der Waals surface area contributed by atoms with E-state index in [1.807, 2.05) is 10.9 Å². The summed E-state index contributed by atoms with van der Waals surface area (Å²) < 4.78 is 2.00. The molecule has 0 radical (unpaired) electrons. The zero-order valence-electron chi connectivity index (χ0n) is 14.5. The number of piperazine rings is 1. The Morgan fingerprint density at radius 2 is 2.04 bits per heavy atom. The average molecular weight is 320 g/mol. The van der Waals surface area contributed by atoms with E-state index in [-0.39, 0.29) is 0 Å². The van der Waals surface area contributed by atoms with Crippen LogP contribution in [-0.2, 0) is 13.1 Å². The fourth-order valence-electron chi connectivity index (χ4n) is 4.30. The van der Waals surface area contributed by atoms with Gasteiger partial charge in [-0.1, -0.05) is 19.3 Å². The third kappa shape index (κ3) is 4.34. The predicted octanol–water partition coefficient (Wildman–Crippen LogP) is 2.10. The summed E-state index contributed by atoms with van der Waals surface area (Å²) in [6.07, 6.45) is 11.9. The summed E-state index contributed by atoms with van der Waals surface area (Å²) in [5, 5.41) is 13.9. The number of aryl methyl sites for hydroxylation is 1. The number of aliphatic hydroxyl groups is 1. The summed E-state index contributed by atoms with van der Waals surface area (Å²) in [5.74, 6) is 0. The van der Waals surface area contributed by atoms with Crippen LogP contribution in [0.15, 0.2) is 12.4 Å². The van der Waals surface area contributed by atoms with Gasteiger partial charge in [0.05, 0.1) is 6.20 Å². The SMILES string of the molecule is CCn1cc(CN2CCN(C3CCCCC3)[C@@H](CCO)C2)cn1. The van der Waals surface area contributed by atoms with Crippen LogP contribution in [0.1, 0.15) is 51.0 Å². The maximum Gasteiger partial charge on any atom is 0.0534 e. The lowest BCUT2D eigenvalue weighted by molar-refractivity contribution is 0.0137. The Balaban J connectivity index is 1.58. The lowest BCUT2D eigenvalue weighted by Gasteiger charge is -2.46. The minimum absolute atomic E-state index is 0.301. The summed E-state index contributed by atoms with van der Waals surface area (Å²) in [6, 6.07) is 1.27. The molecule has 0 aromatic carbocycles. The molecule has 0 bridgehead atoms. The molecule has 2 aliphatic rings. The zero-order chi connectivity index (χ0) is 16.1. The molecule has 2 heterocycles. The van der Waals surface area contributed by atoms with E-state index in [0.717, 1.165) is 45.2 Å². The maximum atomic E-state index is 9.49. The molecule has 1 aromatic heterocycles. The fourth-order valence-corrected chi connectivity index (χ4v) is 4.30. The summed E-state index contributed by atoms with van der Waals surface area (Å²) >= 11 is 0. The van der Waals surface area contributed by atoms with Crippen molar-refractivity contribution in [3.8, 4) is 0 Å². The van der Waals surface area contributed by atoms with Crippen LogP contribution in [0, 0.1) is 0 Å². The van der Waals surface area contributed by atoms with Crippen LogP contribution in [0.3, 0.4) is 0 Å². The van der Waals surface area contributed by atoms with Gasteiger partial charge in [-0.3, -0.25) is 14.5 Å². The summed E-state index contributed by atoms with van der Waals surface area (Å²) in [7, 11) is 0. The van der Waals surface area contributed by atoms with Gasteiger partial charge in [0.2, 0.25) is 0 Å². The van der Waals surface area contributed by atoms with Gasteiger partial charge < -0.3 is 5.11 Å². The molecule has 130 valence electrons. The quantitative estimate of drug-likeness (QED) is 0.872. The van der Waals surface area contributed by atoms with E-state index in [1.54, 1.807) is 0 Å². The summed E-state index contributed by atoms with van der Waals surface area (Å²) in [6.45, 7) is 7.71. The van der Waals surface area contributed by atoms with Crippen molar-refractivity contribution in [1.29, 1.82) is 0 Å². The number of nitrogens with zero attached hydrogens (tertiary/aromatic N) is 4. The molecule has 1 saturated carbocycles. The van der Waals surface area contributed by atoms with Crippen molar-refractivity contribution >= 4 is 0 Å². The van der Waals surface area contributed by atoms with Gasteiger partial charge in [0.25, 0.3) is 0 Å². The van der Waals surface area contributed by atoms with Crippen LogP contribution in [0.5, 0.6) is 0 Å². The van der Waals surface area contributed by atoms with Gasteiger partial charge in [-0.15, -0.1) is 0 Å². The minimum Gasteiger partial charge on any atom is -0.396 e. The molecular weight excluding hydrogens is 288 g/mol. The Morgan fingerprint density at radius 3 is 2.74 bits per heavy atom. The lowest BCUT2D eigenvalue weighted by atomic mass is 9.92. The van der Waals surface area contributed by atoms with Gasteiger partial charge in [0.15, 0.2) is 0 Å². The van der Waals surface area contributed by atoms with E-state index in [9.17, 15) is 5.11 Å². The normalized spacial score (nSPS) is 25.0. The third-order valence-electron chi connectivity index (χ3n) is 5.54. The molecule has 1 aliphatic carbocycles. The molecule has 0 spiro atoms. The van der Waals surface area contributed by atoms with Crippen LogP contribution in [0.2, 0.25) is 0 Å². The zero-order valence-corrected chi connectivity index (χ0v) is 14.5. The minimum atomic E-state index is 0.301. The van der Waals surface area contributed by atoms with Gasteiger partial charge in [0, 0.05) is 63.2 Å². The molecule has 23 heavy (non-hydrogen) atoms. The van der Waals surface area contributed by atoms with Gasteiger partial charge in [-0.2, -0.15) is 5.10 Å². The third-order valence-corrected chi connectivity index (χ3v) is 5.54. The maximum absolute atomic E-state index is 9.49. The van der Waals surface area contributed by atoms with Crippen molar-refractivity contribution in [2.75, 3.05) is 26.2 Å². The van der Waals surface area contributed by atoms with Crippen molar-refractivity contribution in [3.05, 3.63) is 18.0 Å². The van der Waals surface area contributed by atoms with Crippen LogP contribution >= 0.6 is 0 Å². The van der Waals surface area contributed by atoms with Crippen LogP contribution in [-0.4, -0.2) is 63.0 Å². The van der Waals surface area contributed by atoms with Gasteiger partial charge in [-0.05, 0) is 26.2 Å². The summed E-state index contributed by atoms with van der Waals surface area (Å²) in [4.78, 5) is 5.25. The van der Waals surface area contributed by atoms with Crippen LogP contribution < -0.4 is 0 Å². The van der Waals surface area contributed by atoms with E-state index in [4.69, 9.17) is 0 Å². The molecule has 1 aliphatic heterocycles. The van der Waals surface area contributed by atoms with Crippen molar-refractivity contribution in [1.82, 2.24) is 19.6 Å². The van der Waals surface area contributed by atoms with Gasteiger partial charge in [-0.25, -0.2) is 0 Å². The number of hydrogen-bond acceptors (Lipinski definition) is 4. The molecule has 3 rings (SSSR count). The molecule has 0 unspecified atom stereocenters. The number of hydrogen-bond donors (Lipinski definition) is 1. The first kappa shape index (κ1) is 16.9. The van der Waals surface area contributed by atoms with Crippen molar-refractivity contribution < 1.29 is 5.11 Å². The topological polar surface area (TPSA) is 44.5 Å². The molecule has 1 aromatic rings. The first-order chi connectivity index (χ1) is 11.3. The second kappa shape index (κ2) is 8.27. The van der Waals surface area contributed by atoms with E-state index in [0.29, 0.717) is 12.6 Å². The molecule has 1 saturated heterocycles. The highest BCUT2D eigenvalue weighted by Gasteiger charge is 2.32. The standard InChI is InChI=1S/C18H32N4O/c1-2-21-14-16(12-19-21)13-20-9-10-22(18(15-20)8-11-23)17-6-4-3-5-7-17/h12,14,17-18,23H,2-11,13,15H2,1H3/t18-/m0/s1. The number of aromatic nitrogens is 2. The van der Waals surface area contributed by atoms with Gasteiger partial charge in [0.1, 0.15) is 0 Å². The second-order valence-electron chi connectivity index (χ2n) is 7.14. The molecule has 5 nitrogen and oxygen atoms in total. The van der Waals surface area contributed by atoms with E-state index in [2.05, 4.69) is 28.0 Å². The lowest BCUT2D eigenvalue weighted by Crippen LogP contribution is -2.56. The average Bonchev–Trinajstić information content (AvgIpc) is 3.04. The molecule has 1 atom stereocenters. The smallest absolute Gasteiger partial charge is 0.0534 e. The number of aliphatic hydroxyl groups excluding tert-OH is 1. The number of rotatable bonds is 6. The molecule has 5 heteroatoms. The Morgan fingerprint density at radius 1 is 1.22 bits per heavy atom. The van der Waals surface area contributed by atoms with Crippen molar-refractivity contribution in [3.63, 3.8) is 0 Å². The Labute approximate surface area is 140 Å². The first-order valence-corrected chi connectivity index (χ1v) is 9.40. The highest BCUT2D eigenvalue weighted by molar-refractivity contribution is 5.04. The highest BCUT2D eigenvalue weighted by Crippen LogP contribution is 2.27. The van der Waals surface area contributed by atoms with Gasteiger partial charge >= 0.3 is 0 Å². The predicted molar refractivity (Wildman–Crippen MR) is 92.2 cm³/mol.